The average Bonchev–Trinajstić information content (AvgIpc) is 2.92. The Balaban J connectivity index is 1.69. The van der Waals surface area contributed by atoms with Crippen LogP contribution < -0.4 is 5.32 Å². The number of nitro benzene ring substituents is 1. The van der Waals surface area contributed by atoms with E-state index in [-0.39, 0.29) is 10.6 Å². The SMILES string of the molecule is O=[N+]([O-])c1ccc(CN2CC3CNCC3C2)c(Br)c1. The first-order valence-electron chi connectivity index (χ1n) is 6.49. The Morgan fingerprint density at radius 3 is 2.63 bits per heavy atom. The Morgan fingerprint density at radius 1 is 1.37 bits per heavy atom. The zero-order valence-corrected chi connectivity index (χ0v) is 12.1. The highest BCUT2D eigenvalue weighted by atomic mass is 79.9. The molecular weight excluding hydrogens is 310 g/mol. The van der Waals surface area contributed by atoms with Gasteiger partial charge in [-0.3, -0.25) is 15.0 Å². The standard InChI is InChI=1S/C13H16BrN3O2/c14-13-3-12(17(18)19)2-1-9(13)6-16-7-10-4-15-5-11(10)8-16/h1-3,10-11,15H,4-8H2. The fourth-order valence-corrected chi connectivity index (χ4v) is 3.59. The fraction of sp³-hybridized carbons (Fsp3) is 0.538. The second-order valence-electron chi connectivity index (χ2n) is 5.41. The number of fused-ring (bicyclic) bond motifs is 1. The van der Waals surface area contributed by atoms with Crippen molar-refractivity contribution < 1.29 is 4.92 Å². The second kappa shape index (κ2) is 5.19. The Kier molecular flexibility index (Phi) is 3.56. The largest absolute Gasteiger partial charge is 0.316 e. The number of nitrogens with zero attached hydrogens (tertiary/aromatic N) is 2. The van der Waals surface area contributed by atoms with Crippen LogP contribution in [-0.2, 0) is 6.54 Å². The van der Waals surface area contributed by atoms with Crippen LogP contribution in [-0.4, -0.2) is 36.0 Å². The predicted molar refractivity (Wildman–Crippen MR) is 75.9 cm³/mol. The third-order valence-corrected chi connectivity index (χ3v) is 4.84. The maximum absolute atomic E-state index is 10.7. The van der Waals surface area contributed by atoms with Crippen LogP contribution >= 0.6 is 15.9 Å². The number of rotatable bonds is 3. The first-order chi connectivity index (χ1) is 9.13. The molecule has 2 atom stereocenters. The summed E-state index contributed by atoms with van der Waals surface area (Å²) in [5.41, 5.74) is 1.26. The summed E-state index contributed by atoms with van der Waals surface area (Å²) in [6, 6.07) is 5.03. The van der Waals surface area contributed by atoms with Gasteiger partial charge in [0.15, 0.2) is 0 Å². The van der Waals surface area contributed by atoms with Gasteiger partial charge in [-0.2, -0.15) is 0 Å². The van der Waals surface area contributed by atoms with Gasteiger partial charge in [0.05, 0.1) is 4.92 Å². The molecule has 6 heteroatoms. The monoisotopic (exact) mass is 325 g/mol. The van der Waals surface area contributed by atoms with Crippen molar-refractivity contribution in [3.63, 3.8) is 0 Å². The van der Waals surface area contributed by atoms with Crippen LogP contribution in [0.15, 0.2) is 22.7 Å². The van der Waals surface area contributed by atoms with E-state index in [1.165, 1.54) is 0 Å². The Labute approximate surface area is 120 Å². The highest BCUT2D eigenvalue weighted by Crippen LogP contribution is 2.30. The first-order valence-corrected chi connectivity index (χ1v) is 7.28. The molecule has 0 aliphatic carbocycles. The van der Waals surface area contributed by atoms with Gasteiger partial charge < -0.3 is 5.32 Å². The molecule has 0 radical (unpaired) electrons. The van der Waals surface area contributed by atoms with Crippen LogP contribution in [0.3, 0.4) is 0 Å². The van der Waals surface area contributed by atoms with Crippen LogP contribution in [0.2, 0.25) is 0 Å². The summed E-state index contributed by atoms with van der Waals surface area (Å²) >= 11 is 3.44. The van der Waals surface area contributed by atoms with Gasteiger partial charge >= 0.3 is 0 Å². The minimum atomic E-state index is -0.361. The van der Waals surface area contributed by atoms with Crippen molar-refractivity contribution in [2.24, 2.45) is 11.8 Å². The Bertz CT molecular complexity index is 497. The summed E-state index contributed by atoms with van der Waals surface area (Å²) in [6.45, 7) is 5.37. The number of nitro groups is 1. The molecular formula is C13H16BrN3O2. The number of likely N-dealkylation sites (tertiary alicyclic amines) is 1. The highest BCUT2D eigenvalue weighted by molar-refractivity contribution is 9.10. The van der Waals surface area contributed by atoms with Crippen molar-refractivity contribution in [3.8, 4) is 0 Å². The molecule has 1 aromatic rings. The van der Waals surface area contributed by atoms with E-state index in [0.717, 1.165) is 54.6 Å². The van der Waals surface area contributed by atoms with Crippen molar-refractivity contribution in [1.29, 1.82) is 0 Å². The number of nitrogens with one attached hydrogen (secondary N) is 1. The Morgan fingerprint density at radius 2 is 2.05 bits per heavy atom. The van der Waals surface area contributed by atoms with Crippen LogP contribution in [0.5, 0.6) is 0 Å². The zero-order valence-electron chi connectivity index (χ0n) is 10.5. The summed E-state index contributed by atoms with van der Waals surface area (Å²) in [5.74, 6) is 1.55. The molecule has 1 N–H and O–H groups in total. The predicted octanol–water partition coefficient (Wildman–Crippen LogP) is 2.01. The summed E-state index contributed by atoms with van der Waals surface area (Å²) in [4.78, 5) is 12.8. The van der Waals surface area contributed by atoms with Gasteiger partial charge in [-0.15, -0.1) is 0 Å². The van der Waals surface area contributed by atoms with Gasteiger partial charge in [-0.05, 0) is 36.6 Å². The third-order valence-electron chi connectivity index (χ3n) is 4.11. The molecule has 3 rings (SSSR count). The van der Waals surface area contributed by atoms with Crippen LogP contribution in [0.25, 0.3) is 0 Å². The van der Waals surface area contributed by atoms with Crippen molar-refractivity contribution in [2.75, 3.05) is 26.2 Å². The molecule has 2 aliphatic rings. The van der Waals surface area contributed by atoms with Gasteiger partial charge in [-0.1, -0.05) is 15.9 Å². The molecule has 5 nitrogen and oxygen atoms in total. The molecule has 0 saturated carbocycles. The van der Waals surface area contributed by atoms with E-state index in [2.05, 4.69) is 26.1 Å². The summed E-state index contributed by atoms with van der Waals surface area (Å²) in [5, 5.41) is 14.1. The number of non-ortho nitro benzene ring substituents is 1. The summed E-state index contributed by atoms with van der Waals surface area (Å²) in [6.07, 6.45) is 0. The van der Waals surface area contributed by atoms with E-state index < -0.39 is 0 Å². The van der Waals surface area contributed by atoms with Crippen molar-refractivity contribution in [2.45, 2.75) is 6.54 Å². The van der Waals surface area contributed by atoms with Crippen LogP contribution in [0, 0.1) is 22.0 Å². The topological polar surface area (TPSA) is 58.4 Å². The van der Waals surface area contributed by atoms with Crippen LogP contribution in [0.1, 0.15) is 5.56 Å². The van der Waals surface area contributed by atoms with E-state index in [4.69, 9.17) is 0 Å². The van der Waals surface area contributed by atoms with E-state index in [1.807, 2.05) is 6.07 Å². The van der Waals surface area contributed by atoms with Crippen LogP contribution in [0.4, 0.5) is 5.69 Å². The van der Waals surface area contributed by atoms with E-state index in [9.17, 15) is 10.1 Å². The summed E-state index contributed by atoms with van der Waals surface area (Å²) in [7, 11) is 0. The lowest BCUT2D eigenvalue weighted by Crippen LogP contribution is -2.25. The molecule has 0 amide bonds. The normalized spacial score (nSPS) is 26.6. The molecule has 19 heavy (non-hydrogen) atoms. The second-order valence-corrected chi connectivity index (χ2v) is 6.26. The van der Waals surface area contributed by atoms with Gasteiger partial charge in [0.2, 0.25) is 0 Å². The fourth-order valence-electron chi connectivity index (χ4n) is 3.10. The lowest BCUT2D eigenvalue weighted by molar-refractivity contribution is -0.384. The molecule has 2 fully saturated rings. The lowest BCUT2D eigenvalue weighted by Gasteiger charge is -2.17. The molecule has 102 valence electrons. The summed E-state index contributed by atoms with van der Waals surface area (Å²) < 4.78 is 0.830. The van der Waals surface area contributed by atoms with E-state index >= 15 is 0 Å². The lowest BCUT2D eigenvalue weighted by atomic mass is 10.0. The zero-order chi connectivity index (χ0) is 13.4. The van der Waals surface area contributed by atoms with E-state index in [1.54, 1.807) is 12.1 Å². The number of benzene rings is 1. The van der Waals surface area contributed by atoms with Gasteiger partial charge in [0.1, 0.15) is 0 Å². The van der Waals surface area contributed by atoms with Crippen molar-refractivity contribution in [1.82, 2.24) is 10.2 Å². The maximum Gasteiger partial charge on any atom is 0.270 e. The Hall–Kier alpha value is -0.980. The molecule has 2 unspecified atom stereocenters. The third kappa shape index (κ3) is 2.66. The molecule has 1 aromatic carbocycles. The van der Waals surface area contributed by atoms with E-state index in [0.29, 0.717) is 0 Å². The molecule has 0 aromatic heterocycles. The van der Waals surface area contributed by atoms with Gasteiger partial charge in [0, 0.05) is 36.2 Å². The first kappa shape index (κ1) is 13.0. The molecule has 0 spiro atoms. The minimum Gasteiger partial charge on any atom is -0.316 e. The molecule has 2 aliphatic heterocycles. The number of hydrogen-bond acceptors (Lipinski definition) is 4. The molecule has 2 heterocycles. The van der Waals surface area contributed by atoms with Crippen molar-refractivity contribution >= 4 is 21.6 Å². The van der Waals surface area contributed by atoms with Gasteiger partial charge in [-0.25, -0.2) is 0 Å². The molecule has 0 bridgehead atoms. The number of hydrogen-bond donors (Lipinski definition) is 1. The van der Waals surface area contributed by atoms with Gasteiger partial charge in [0.25, 0.3) is 5.69 Å². The average molecular weight is 326 g/mol. The van der Waals surface area contributed by atoms with Crippen molar-refractivity contribution in [3.05, 3.63) is 38.3 Å². The maximum atomic E-state index is 10.7. The number of halogens is 1. The quantitative estimate of drug-likeness (QED) is 0.682. The smallest absolute Gasteiger partial charge is 0.270 e. The minimum absolute atomic E-state index is 0.137. The molecule has 2 saturated heterocycles. The highest BCUT2D eigenvalue weighted by Gasteiger charge is 2.35.